The Hall–Kier alpha value is -1.95. The molecule has 3 rings (SSSR count). The highest BCUT2D eigenvalue weighted by molar-refractivity contribution is 8.00. The normalized spacial score (nSPS) is 17.9. The molecule has 0 aliphatic carbocycles. The zero-order valence-electron chi connectivity index (χ0n) is 14.3. The lowest BCUT2D eigenvalue weighted by Crippen LogP contribution is -2.39. The molecular weight excluding hydrogens is 318 g/mol. The summed E-state index contributed by atoms with van der Waals surface area (Å²) in [6, 6.07) is 10.3. The van der Waals surface area contributed by atoms with E-state index < -0.39 is 0 Å². The van der Waals surface area contributed by atoms with Gasteiger partial charge in [0.25, 0.3) is 0 Å². The van der Waals surface area contributed by atoms with E-state index in [1.165, 1.54) is 24.2 Å². The number of nitrogens with one attached hydrogen (secondary N) is 2. The Morgan fingerprint density at radius 3 is 2.92 bits per heavy atom. The lowest BCUT2D eigenvalue weighted by atomic mass is 10.2. The Bertz CT molecular complexity index is 688. The van der Waals surface area contributed by atoms with Crippen molar-refractivity contribution in [1.82, 2.24) is 20.4 Å². The summed E-state index contributed by atoms with van der Waals surface area (Å²) < 4.78 is 1.93. The molecule has 1 aromatic heterocycles. The van der Waals surface area contributed by atoms with Crippen molar-refractivity contribution >= 4 is 17.7 Å². The number of nitrogens with zero attached hydrogens (tertiary/aromatic N) is 3. The SMILES string of the molecule is CN=C(NCc1ccccc1-n1ccc(C)n1)NCC1CCCS1. The molecule has 0 saturated carbocycles. The predicted molar refractivity (Wildman–Crippen MR) is 102 cm³/mol. The second-order valence-electron chi connectivity index (χ2n) is 5.97. The standard InChI is InChI=1S/C18H25N5S/c1-14-9-10-23(22-14)17-8-4-3-6-15(17)12-20-18(19-2)21-13-16-7-5-11-24-16/h3-4,6,8-10,16H,5,7,11-13H2,1-2H3,(H2,19,20,21). The van der Waals surface area contributed by atoms with Gasteiger partial charge in [-0.05, 0) is 43.2 Å². The van der Waals surface area contributed by atoms with Crippen LogP contribution in [0.1, 0.15) is 24.1 Å². The molecule has 2 heterocycles. The van der Waals surface area contributed by atoms with Gasteiger partial charge in [-0.15, -0.1) is 0 Å². The fourth-order valence-corrected chi connectivity index (χ4v) is 4.05. The minimum Gasteiger partial charge on any atom is -0.355 e. The number of benzene rings is 1. The van der Waals surface area contributed by atoms with Crippen molar-refractivity contribution in [2.45, 2.75) is 31.6 Å². The van der Waals surface area contributed by atoms with Crippen molar-refractivity contribution in [1.29, 1.82) is 0 Å². The monoisotopic (exact) mass is 343 g/mol. The number of aliphatic imine (C=N–C) groups is 1. The number of hydrogen-bond donors (Lipinski definition) is 2. The van der Waals surface area contributed by atoms with E-state index in [0.29, 0.717) is 11.8 Å². The van der Waals surface area contributed by atoms with Crippen LogP contribution in [0.4, 0.5) is 0 Å². The van der Waals surface area contributed by atoms with Gasteiger partial charge in [0.1, 0.15) is 0 Å². The van der Waals surface area contributed by atoms with Crippen LogP contribution in [0.25, 0.3) is 5.69 Å². The molecule has 0 bridgehead atoms. The highest BCUT2D eigenvalue weighted by Crippen LogP contribution is 2.25. The Labute approximate surface area is 147 Å². The van der Waals surface area contributed by atoms with Gasteiger partial charge in [0.05, 0.1) is 11.4 Å². The number of hydrogen-bond acceptors (Lipinski definition) is 3. The molecule has 5 nitrogen and oxygen atoms in total. The number of aryl methyl sites for hydroxylation is 1. The summed E-state index contributed by atoms with van der Waals surface area (Å²) in [6.07, 6.45) is 4.63. The number of rotatable bonds is 5. The van der Waals surface area contributed by atoms with E-state index in [2.05, 4.69) is 50.7 Å². The molecule has 1 atom stereocenters. The van der Waals surface area contributed by atoms with Gasteiger partial charge in [-0.1, -0.05) is 18.2 Å². The smallest absolute Gasteiger partial charge is 0.191 e. The van der Waals surface area contributed by atoms with E-state index >= 15 is 0 Å². The lowest BCUT2D eigenvalue weighted by molar-refractivity contribution is 0.724. The summed E-state index contributed by atoms with van der Waals surface area (Å²) in [7, 11) is 1.82. The van der Waals surface area contributed by atoms with E-state index in [-0.39, 0.29) is 0 Å². The van der Waals surface area contributed by atoms with Crippen LogP contribution in [0.15, 0.2) is 41.5 Å². The lowest BCUT2D eigenvalue weighted by Gasteiger charge is -2.16. The van der Waals surface area contributed by atoms with Gasteiger partial charge in [-0.3, -0.25) is 4.99 Å². The third-order valence-electron chi connectivity index (χ3n) is 4.15. The first-order valence-electron chi connectivity index (χ1n) is 8.43. The van der Waals surface area contributed by atoms with E-state index in [1.807, 2.05) is 37.0 Å². The van der Waals surface area contributed by atoms with Crippen LogP contribution in [-0.2, 0) is 6.54 Å². The van der Waals surface area contributed by atoms with Gasteiger partial charge in [-0.2, -0.15) is 16.9 Å². The molecule has 0 radical (unpaired) electrons. The third kappa shape index (κ3) is 4.32. The third-order valence-corrected chi connectivity index (χ3v) is 5.55. The maximum Gasteiger partial charge on any atom is 0.191 e. The molecule has 24 heavy (non-hydrogen) atoms. The maximum atomic E-state index is 4.52. The Balaban J connectivity index is 1.61. The molecular formula is C18H25N5S. The number of para-hydroxylation sites is 1. The molecule has 0 amide bonds. The van der Waals surface area contributed by atoms with Gasteiger partial charge in [0.15, 0.2) is 5.96 Å². The van der Waals surface area contributed by atoms with Gasteiger partial charge in [-0.25, -0.2) is 4.68 Å². The average Bonchev–Trinajstić information content (AvgIpc) is 3.27. The van der Waals surface area contributed by atoms with Gasteiger partial charge in [0.2, 0.25) is 0 Å². The van der Waals surface area contributed by atoms with Crippen LogP contribution in [0, 0.1) is 6.92 Å². The average molecular weight is 344 g/mol. The molecule has 1 aliphatic rings. The summed E-state index contributed by atoms with van der Waals surface area (Å²) in [5, 5.41) is 12.1. The van der Waals surface area contributed by atoms with Crippen LogP contribution < -0.4 is 10.6 Å². The van der Waals surface area contributed by atoms with Crippen LogP contribution in [0.5, 0.6) is 0 Å². The fourth-order valence-electron chi connectivity index (χ4n) is 2.85. The second-order valence-corrected chi connectivity index (χ2v) is 7.38. The molecule has 2 N–H and O–H groups in total. The first-order valence-corrected chi connectivity index (χ1v) is 9.48. The van der Waals surface area contributed by atoms with Crippen LogP contribution in [0.3, 0.4) is 0 Å². The first-order chi connectivity index (χ1) is 11.8. The summed E-state index contributed by atoms with van der Waals surface area (Å²) in [5.74, 6) is 2.14. The topological polar surface area (TPSA) is 54.2 Å². The van der Waals surface area contributed by atoms with Gasteiger partial charge in [0, 0.05) is 31.6 Å². The molecule has 128 valence electrons. The molecule has 1 unspecified atom stereocenters. The maximum absolute atomic E-state index is 4.52. The molecule has 6 heteroatoms. The van der Waals surface area contributed by atoms with E-state index in [4.69, 9.17) is 0 Å². The first kappa shape index (κ1) is 16.9. The summed E-state index contributed by atoms with van der Waals surface area (Å²) in [4.78, 5) is 4.33. The van der Waals surface area contributed by atoms with E-state index in [9.17, 15) is 0 Å². The summed E-state index contributed by atoms with van der Waals surface area (Å²) in [5.41, 5.74) is 3.31. The second kappa shape index (κ2) is 8.24. The van der Waals surface area contributed by atoms with Crippen molar-refractivity contribution in [3.8, 4) is 5.69 Å². The molecule has 1 aliphatic heterocycles. The molecule has 1 fully saturated rings. The van der Waals surface area contributed by atoms with Gasteiger partial charge < -0.3 is 10.6 Å². The van der Waals surface area contributed by atoms with Gasteiger partial charge >= 0.3 is 0 Å². The zero-order valence-corrected chi connectivity index (χ0v) is 15.1. The molecule has 0 spiro atoms. The minimum atomic E-state index is 0.711. The number of guanidine groups is 1. The Morgan fingerprint density at radius 2 is 2.21 bits per heavy atom. The Kier molecular flexibility index (Phi) is 5.80. The van der Waals surface area contributed by atoms with Crippen LogP contribution in [0.2, 0.25) is 0 Å². The van der Waals surface area contributed by atoms with Crippen molar-refractivity contribution in [2.24, 2.45) is 4.99 Å². The van der Waals surface area contributed by atoms with Crippen molar-refractivity contribution in [2.75, 3.05) is 19.3 Å². The highest BCUT2D eigenvalue weighted by Gasteiger charge is 2.15. The van der Waals surface area contributed by atoms with Crippen LogP contribution >= 0.6 is 11.8 Å². The van der Waals surface area contributed by atoms with Crippen molar-refractivity contribution < 1.29 is 0 Å². The van der Waals surface area contributed by atoms with Crippen molar-refractivity contribution in [3.05, 3.63) is 47.8 Å². The zero-order chi connectivity index (χ0) is 16.8. The quantitative estimate of drug-likeness (QED) is 0.647. The fraction of sp³-hybridized carbons (Fsp3) is 0.444. The molecule has 1 aromatic carbocycles. The Morgan fingerprint density at radius 1 is 1.33 bits per heavy atom. The van der Waals surface area contributed by atoms with E-state index in [1.54, 1.807) is 0 Å². The largest absolute Gasteiger partial charge is 0.355 e. The molecule has 2 aromatic rings. The predicted octanol–water partition coefficient (Wildman–Crippen LogP) is 2.74. The molecule has 1 saturated heterocycles. The van der Waals surface area contributed by atoms with Crippen LogP contribution in [-0.4, -0.2) is 40.3 Å². The summed E-state index contributed by atoms with van der Waals surface area (Å²) in [6.45, 7) is 3.70. The number of thioether (sulfide) groups is 1. The minimum absolute atomic E-state index is 0.711. The summed E-state index contributed by atoms with van der Waals surface area (Å²) >= 11 is 2.05. The number of aromatic nitrogens is 2. The van der Waals surface area contributed by atoms with Crippen molar-refractivity contribution in [3.63, 3.8) is 0 Å². The highest BCUT2D eigenvalue weighted by atomic mass is 32.2. The van der Waals surface area contributed by atoms with E-state index in [0.717, 1.165) is 23.9 Å².